The lowest BCUT2D eigenvalue weighted by atomic mass is 9.66. The zero-order valence-electron chi connectivity index (χ0n) is 26.0. The Kier molecular flexibility index (Phi) is 6.92. The molecule has 0 spiro atoms. The number of allylic oxidation sites excluding steroid dienone is 6. The Morgan fingerprint density at radius 3 is 2.46 bits per heavy atom. The molecule has 0 radical (unpaired) electrons. The van der Waals surface area contributed by atoms with Crippen LogP contribution in [0.5, 0.6) is 0 Å². The molecule has 1 heterocycles. The number of benzene rings is 5. The van der Waals surface area contributed by atoms with E-state index in [9.17, 15) is 0 Å². The average molecular weight is 594 g/mol. The second kappa shape index (κ2) is 11.4. The predicted molar refractivity (Wildman–Crippen MR) is 194 cm³/mol. The molecule has 46 heavy (non-hydrogen) atoms. The molecule has 0 bridgehead atoms. The fraction of sp³-hybridized carbons (Fsp3) is 0.0909. The van der Waals surface area contributed by atoms with E-state index in [1.165, 1.54) is 38.4 Å². The monoisotopic (exact) mass is 593 g/mol. The normalized spacial score (nSPS) is 17.3. The largest absolute Gasteiger partial charge is 0.455 e. The Balaban J connectivity index is 1.32. The lowest BCUT2D eigenvalue weighted by Gasteiger charge is -2.40. The first-order valence-corrected chi connectivity index (χ1v) is 16.0. The smallest absolute Gasteiger partial charge is 0.143 e. The van der Waals surface area contributed by atoms with Crippen molar-refractivity contribution in [3.8, 4) is 11.1 Å². The molecule has 1 N–H and O–H groups in total. The first kappa shape index (κ1) is 27.9. The van der Waals surface area contributed by atoms with Crippen LogP contribution in [-0.2, 0) is 6.42 Å². The van der Waals surface area contributed by atoms with Crippen molar-refractivity contribution in [1.82, 2.24) is 0 Å². The fourth-order valence-electron chi connectivity index (χ4n) is 7.29. The van der Waals surface area contributed by atoms with E-state index in [0.717, 1.165) is 51.6 Å². The van der Waals surface area contributed by atoms with Gasteiger partial charge in [0.2, 0.25) is 0 Å². The maximum Gasteiger partial charge on any atom is 0.143 e. The van der Waals surface area contributed by atoms with Crippen molar-refractivity contribution in [2.45, 2.75) is 19.8 Å². The number of furan rings is 1. The van der Waals surface area contributed by atoms with Gasteiger partial charge in [0.25, 0.3) is 0 Å². The van der Waals surface area contributed by atoms with Crippen LogP contribution < -0.4 is 15.8 Å². The average Bonchev–Trinajstić information content (AvgIpc) is 3.48. The molecule has 0 fully saturated rings. The molecule has 1 aromatic heterocycles. The molecule has 6 aromatic rings. The van der Waals surface area contributed by atoms with Gasteiger partial charge in [0.05, 0.1) is 0 Å². The van der Waals surface area contributed by atoms with Gasteiger partial charge in [-0.1, -0.05) is 140 Å². The van der Waals surface area contributed by atoms with Crippen LogP contribution in [0, 0.1) is 5.41 Å². The third-order valence-corrected chi connectivity index (χ3v) is 9.56. The SMILES string of the molecule is C=C/C=C\Cc1cc(-c2cccc3c2oc2ccccc23)ccc1NC1=c2ccccc2=C(c2ccccc2)C2=CC=CCC21C. The number of hydrogen-bond donors (Lipinski definition) is 1. The van der Waals surface area contributed by atoms with Crippen molar-refractivity contribution in [3.05, 3.63) is 185 Å². The van der Waals surface area contributed by atoms with E-state index in [0.29, 0.717) is 0 Å². The van der Waals surface area contributed by atoms with E-state index in [1.807, 2.05) is 24.3 Å². The molecule has 1 atom stereocenters. The van der Waals surface area contributed by atoms with Gasteiger partial charge in [-0.25, -0.2) is 0 Å². The highest BCUT2D eigenvalue weighted by Crippen LogP contribution is 2.48. The van der Waals surface area contributed by atoms with Gasteiger partial charge >= 0.3 is 0 Å². The van der Waals surface area contributed by atoms with Crippen LogP contribution in [0.3, 0.4) is 0 Å². The second-order valence-corrected chi connectivity index (χ2v) is 12.4. The van der Waals surface area contributed by atoms with Gasteiger partial charge in [0.15, 0.2) is 0 Å². The fourth-order valence-corrected chi connectivity index (χ4v) is 7.29. The van der Waals surface area contributed by atoms with Crippen LogP contribution in [0.25, 0.3) is 44.3 Å². The molecular formula is C44H35NO. The van der Waals surface area contributed by atoms with Gasteiger partial charge in [-0.05, 0) is 71.0 Å². The Morgan fingerprint density at radius 2 is 1.59 bits per heavy atom. The van der Waals surface area contributed by atoms with Crippen molar-refractivity contribution in [2.75, 3.05) is 5.32 Å². The summed E-state index contributed by atoms with van der Waals surface area (Å²) < 4.78 is 6.42. The summed E-state index contributed by atoms with van der Waals surface area (Å²) in [5.41, 5.74) is 11.3. The topological polar surface area (TPSA) is 25.2 Å². The highest BCUT2D eigenvalue weighted by molar-refractivity contribution is 6.09. The van der Waals surface area contributed by atoms with E-state index >= 15 is 0 Å². The van der Waals surface area contributed by atoms with Crippen molar-refractivity contribution in [3.63, 3.8) is 0 Å². The highest BCUT2D eigenvalue weighted by atomic mass is 16.3. The van der Waals surface area contributed by atoms with E-state index < -0.39 is 0 Å². The van der Waals surface area contributed by atoms with Crippen LogP contribution in [0.2, 0.25) is 0 Å². The number of nitrogens with one attached hydrogen (secondary N) is 1. The molecular weight excluding hydrogens is 558 g/mol. The molecule has 8 rings (SSSR count). The Hall–Kier alpha value is -5.60. The van der Waals surface area contributed by atoms with Gasteiger partial charge in [-0.2, -0.15) is 0 Å². The van der Waals surface area contributed by atoms with Crippen LogP contribution in [-0.4, -0.2) is 0 Å². The lowest BCUT2D eigenvalue weighted by molar-refractivity contribution is 0.544. The lowest BCUT2D eigenvalue weighted by Crippen LogP contribution is -2.44. The number of anilines is 1. The van der Waals surface area contributed by atoms with Gasteiger partial charge in [-0.3, -0.25) is 0 Å². The summed E-state index contributed by atoms with van der Waals surface area (Å²) in [6.45, 7) is 6.29. The zero-order chi connectivity index (χ0) is 31.1. The summed E-state index contributed by atoms with van der Waals surface area (Å²) in [6, 6.07) is 41.2. The van der Waals surface area contributed by atoms with E-state index in [1.54, 1.807) is 0 Å². The van der Waals surface area contributed by atoms with Crippen molar-refractivity contribution in [1.29, 1.82) is 0 Å². The maximum atomic E-state index is 6.42. The van der Waals surface area contributed by atoms with Crippen LogP contribution in [0.4, 0.5) is 5.69 Å². The molecule has 0 saturated heterocycles. The quantitative estimate of drug-likeness (QED) is 0.186. The minimum absolute atomic E-state index is 0.221. The molecule has 2 aliphatic rings. The standard InChI is InChI=1S/C44H35NO/c1-3-4-6-18-32-29-31(33-22-15-23-36-34-19-11-12-25-40(34)46-42(33)36)26-27-39(32)45-43-37-21-10-9-20-35(37)41(30-16-7-5-8-17-30)38-24-13-14-28-44(38,43)2/h3-17,19-27,29,45H,1,18,28H2,2H3/b6-4-. The van der Waals surface area contributed by atoms with Crippen molar-refractivity contribution >= 4 is 38.9 Å². The third-order valence-electron chi connectivity index (χ3n) is 9.56. The summed E-state index contributed by atoms with van der Waals surface area (Å²) in [4.78, 5) is 0. The Bertz CT molecular complexity index is 2370. The summed E-state index contributed by atoms with van der Waals surface area (Å²) in [5.74, 6) is 0. The molecule has 1 unspecified atom stereocenters. The second-order valence-electron chi connectivity index (χ2n) is 12.4. The van der Waals surface area contributed by atoms with Gasteiger partial charge in [-0.15, -0.1) is 0 Å². The minimum Gasteiger partial charge on any atom is -0.455 e. The first-order chi connectivity index (χ1) is 22.7. The summed E-state index contributed by atoms with van der Waals surface area (Å²) >= 11 is 0. The highest BCUT2D eigenvalue weighted by Gasteiger charge is 2.39. The van der Waals surface area contributed by atoms with Gasteiger partial charge in [0.1, 0.15) is 11.2 Å². The molecule has 0 aliphatic heterocycles. The summed E-state index contributed by atoms with van der Waals surface area (Å²) in [7, 11) is 0. The van der Waals surface area contributed by atoms with Gasteiger partial charge in [0, 0.05) is 38.4 Å². The summed E-state index contributed by atoms with van der Waals surface area (Å²) in [5, 5.41) is 8.82. The molecule has 2 aliphatic carbocycles. The van der Waals surface area contributed by atoms with E-state index in [2.05, 4.69) is 146 Å². The molecule has 5 aromatic carbocycles. The van der Waals surface area contributed by atoms with Crippen LogP contribution >= 0.6 is 0 Å². The van der Waals surface area contributed by atoms with Crippen molar-refractivity contribution in [2.24, 2.45) is 5.41 Å². The Morgan fingerprint density at radius 1 is 0.804 bits per heavy atom. The molecule has 0 saturated carbocycles. The van der Waals surface area contributed by atoms with Crippen LogP contribution in [0.1, 0.15) is 24.5 Å². The minimum atomic E-state index is -0.221. The van der Waals surface area contributed by atoms with Crippen LogP contribution in [0.15, 0.2) is 168 Å². The first-order valence-electron chi connectivity index (χ1n) is 16.0. The maximum absolute atomic E-state index is 6.42. The number of hydrogen-bond acceptors (Lipinski definition) is 2. The predicted octanol–water partition coefficient (Wildman–Crippen LogP) is 9.86. The van der Waals surface area contributed by atoms with E-state index in [-0.39, 0.29) is 5.41 Å². The number of para-hydroxylation sites is 2. The molecule has 2 nitrogen and oxygen atoms in total. The molecule has 222 valence electrons. The molecule has 0 amide bonds. The number of fused-ring (bicyclic) bond motifs is 5. The molecule has 2 heteroatoms. The third kappa shape index (κ3) is 4.57. The van der Waals surface area contributed by atoms with E-state index in [4.69, 9.17) is 4.42 Å². The summed E-state index contributed by atoms with van der Waals surface area (Å²) in [6.07, 6.45) is 14.6. The zero-order valence-corrected chi connectivity index (χ0v) is 26.0. The van der Waals surface area contributed by atoms with Crippen molar-refractivity contribution < 1.29 is 4.42 Å². The number of rotatable bonds is 7. The Labute approximate surface area is 269 Å². The van der Waals surface area contributed by atoms with Gasteiger partial charge < -0.3 is 9.73 Å².